The van der Waals surface area contributed by atoms with Gasteiger partial charge < -0.3 is 15.5 Å². The van der Waals surface area contributed by atoms with Crippen LogP contribution >= 0.6 is 0 Å². The lowest BCUT2D eigenvalue weighted by molar-refractivity contribution is -0.124. The van der Waals surface area contributed by atoms with E-state index >= 15 is 0 Å². The fourth-order valence-corrected chi connectivity index (χ4v) is 1.85. The highest BCUT2D eigenvalue weighted by Crippen LogP contribution is 2.19. The molecule has 0 aliphatic heterocycles. The fourth-order valence-electron chi connectivity index (χ4n) is 1.85. The maximum atomic E-state index is 11.8. The number of nitrogens with one attached hydrogen (secondary N) is 1. The molecule has 1 heterocycles. The molecule has 2 unspecified atom stereocenters. The summed E-state index contributed by atoms with van der Waals surface area (Å²) in [4.78, 5) is 11.8. The minimum Gasteiger partial charge on any atom is -0.467 e. The average molecular weight is 220 g/mol. The lowest BCUT2D eigenvalue weighted by Gasteiger charge is -2.14. The van der Waals surface area contributed by atoms with E-state index in [0.29, 0.717) is 6.42 Å². The number of hydrogen-bond donors (Lipinski definition) is 2. The van der Waals surface area contributed by atoms with E-state index in [0.717, 1.165) is 5.76 Å². The molecule has 0 fully saturated rings. The highest BCUT2D eigenvalue weighted by Gasteiger charge is 2.24. The Morgan fingerprint density at radius 3 is 3.00 bits per heavy atom. The Hall–Kier alpha value is -1.55. The summed E-state index contributed by atoms with van der Waals surface area (Å²) in [6.07, 6.45) is 6.04. The maximum Gasteiger partial charge on any atom is 0.227 e. The summed E-state index contributed by atoms with van der Waals surface area (Å²) in [6.45, 7) is 1.90. The van der Waals surface area contributed by atoms with Crippen LogP contribution < -0.4 is 11.1 Å². The van der Waals surface area contributed by atoms with Crippen LogP contribution in [0.1, 0.15) is 25.1 Å². The van der Waals surface area contributed by atoms with Crippen molar-refractivity contribution in [3.05, 3.63) is 36.3 Å². The Bertz CT molecular complexity index is 384. The van der Waals surface area contributed by atoms with Crippen LogP contribution in [0.5, 0.6) is 0 Å². The van der Waals surface area contributed by atoms with Gasteiger partial charge in [0.2, 0.25) is 5.91 Å². The van der Waals surface area contributed by atoms with Gasteiger partial charge in [-0.25, -0.2) is 0 Å². The second-order valence-corrected chi connectivity index (χ2v) is 4.14. The quantitative estimate of drug-likeness (QED) is 0.756. The van der Waals surface area contributed by atoms with E-state index in [1.54, 1.807) is 6.26 Å². The van der Waals surface area contributed by atoms with E-state index < -0.39 is 0 Å². The molecule has 1 aliphatic rings. The Kier molecular flexibility index (Phi) is 3.10. The first-order valence-electron chi connectivity index (χ1n) is 5.44. The van der Waals surface area contributed by atoms with Gasteiger partial charge in [0.15, 0.2) is 0 Å². The minimum atomic E-state index is -0.104. The molecule has 0 radical (unpaired) electrons. The normalized spacial score (nSPS) is 25.6. The van der Waals surface area contributed by atoms with Crippen molar-refractivity contribution >= 4 is 5.91 Å². The fraction of sp³-hybridized carbons (Fsp3) is 0.417. The zero-order valence-corrected chi connectivity index (χ0v) is 9.22. The molecule has 2 rings (SSSR count). The van der Waals surface area contributed by atoms with Gasteiger partial charge in [-0.15, -0.1) is 0 Å². The molecule has 3 atom stereocenters. The molecule has 0 saturated carbocycles. The Labute approximate surface area is 94.5 Å². The molecular formula is C12H16N2O2. The molecule has 4 nitrogen and oxygen atoms in total. The van der Waals surface area contributed by atoms with Crippen LogP contribution in [0, 0.1) is 5.92 Å². The number of hydrogen-bond acceptors (Lipinski definition) is 3. The summed E-state index contributed by atoms with van der Waals surface area (Å²) in [5.41, 5.74) is 5.70. The van der Waals surface area contributed by atoms with Gasteiger partial charge >= 0.3 is 0 Å². The predicted molar refractivity (Wildman–Crippen MR) is 60.5 cm³/mol. The van der Waals surface area contributed by atoms with Gasteiger partial charge in [-0.1, -0.05) is 12.2 Å². The molecule has 1 aliphatic carbocycles. The number of nitrogens with two attached hydrogens (primary N) is 1. The molecule has 4 heteroatoms. The van der Waals surface area contributed by atoms with Crippen LogP contribution in [0.25, 0.3) is 0 Å². The summed E-state index contributed by atoms with van der Waals surface area (Å²) in [7, 11) is 0. The third kappa shape index (κ3) is 2.33. The average Bonchev–Trinajstić information content (AvgIpc) is 2.87. The number of furan rings is 1. The van der Waals surface area contributed by atoms with E-state index in [4.69, 9.17) is 10.2 Å². The number of rotatable bonds is 3. The van der Waals surface area contributed by atoms with Crippen LogP contribution in [0.15, 0.2) is 35.0 Å². The minimum absolute atomic E-state index is 0.00750. The van der Waals surface area contributed by atoms with Crippen molar-refractivity contribution in [1.82, 2.24) is 5.32 Å². The number of amides is 1. The van der Waals surface area contributed by atoms with Crippen molar-refractivity contribution in [2.24, 2.45) is 11.7 Å². The molecule has 0 bridgehead atoms. The second kappa shape index (κ2) is 4.53. The van der Waals surface area contributed by atoms with E-state index in [-0.39, 0.29) is 23.9 Å². The molecule has 0 aromatic carbocycles. The Morgan fingerprint density at radius 1 is 1.62 bits per heavy atom. The summed E-state index contributed by atoms with van der Waals surface area (Å²) in [6, 6.07) is 3.56. The van der Waals surface area contributed by atoms with Gasteiger partial charge in [-0.2, -0.15) is 0 Å². The van der Waals surface area contributed by atoms with Crippen LogP contribution in [0.2, 0.25) is 0 Å². The van der Waals surface area contributed by atoms with Gasteiger partial charge in [0, 0.05) is 6.04 Å². The van der Waals surface area contributed by atoms with Crippen LogP contribution in [-0.4, -0.2) is 11.9 Å². The topological polar surface area (TPSA) is 68.3 Å². The third-order valence-corrected chi connectivity index (χ3v) is 2.78. The lowest BCUT2D eigenvalue weighted by atomic mass is 10.1. The molecule has 1 amide bonds. The Morgan fingerprint density at radius 2 is 2.44 bits per heavy atom. The van der Waals surface area contributed by atoms with Gasteiger partial charge in [0.05, 0.1) is 18.2 Å². The van der Waals surface area contributed by atoms with Crippen molar-refractivity contribution < 1.29 is 9.21 Å². The SMILES string of the molecule is C[C@@H](NC(=O)C1C=CC(N)C1)c1ccco1. The van der Waals surface area contributed by atoms with Crippen LogP contribution in [-0.2, 0) is 4.79 Å². The number of carbonyl (C=O) groups excluding carboxylic acids is 1. The van der Waals surface area contributed by atoms with E-state index in [1.165, 1.54) is 0 Å². The maximum absolute atomic E-state index is 11.8. The summed E-state index contributed by atoms with van der Waals surface area (Å²) in [5, 5.41) is 2.91. The molecule has 16 heavy (non-hydrogen) atoms. The van der Waals surface area contributed by atoms with Crippen molar-refractivity contribution in [3.8, 4) is 0 Å². The standard InChI is InChI=1S/C12H16N2O2/c1-8(11-3-2-6-16-11)14-12(15)9-4-5-10(13)7-9/h2-6,8-10H,7,13H2,1H3,(H,14,15)/t8-,9?,10?/m1/s1. The molecule has 86 valence electrons. The summed E-state index contributed by atoms with van der Waals surface area (Å²) < 4.78 is 5.22. The highest BCUT2D eigenvalue weighted by atomic mass is 16.3. The first-order chi connectivity index (χ1) is 7.66. The first-order valence-corrected chi connectivity index (χ1v) is 5.44. The second-order valence-electron chi connectivity index (χ2n) is 4.14. The van der Waals surface area contributed by atoms with E-state index in [2.05, 4.69) is 5.32 Å². The molecule has 1 aromatic rings. The highest BCUT2D eigenvalue weighted by molar-refractivity contribution is 5.81. The van der Waals surface area contributed by atoms with Crippen LogP contribution in [0.4, 0.5) is 0 Å². The molecular weight excluding hydrogens is 204 g/mol. The summed E-state index contributed by atoms with van der Waals surface area (Å²) >= 11 is 0. The predicted octanol–water partition coefficient (Wildman–Crippen LogP) is 1.36. The molecule has 0 saturated heterocycles. The van der Waals surface area contributed by atoms with Crippen molar-refractivity contribution in [2.45, 2.75) is 25.4 Å². The lowest BCUT2D eigenvalue weighted by Crippen LogP contribution is -2.32. The zero-order valence-electron chi connectivity index (χ0n) is 9.22. The van der Waals surface area contributed by atoms with Gasteiger partial charge in [0.1, 0.15) is 5.76 Å². The van der Waals surface area contributed by atoms with Gasteiger partial charge in [-0.05, 0) is 25.5 Å². The van der Waals surface area contributed by atoms with E-state index in [1.807, 2.05) is 31.2 Å². The van der Waals surface area contributed by atoms with Crippen molar-refractivity contribution in [1.29, 1.82) is 0 Å². The van der Waals surface area contributed by atoms with Crippen LogP contribution in [0.3, 0.4) is 0 Å². The molecule has 1 aromatic heterocycles. The third-order valence-electron chi connectivity index (χ3n) is 2.78. The Balaban J connectivity index is 1.90. The van der Waals surface area contributed by atoms with E-state index in [9.17, 15) is 4.79 Å². The largest absolute Gasteiger partial charge is 0.467 e. The molecule has 0 spiro atoms. The van der Waals surface area contributed by atoms with Gasteiger partial charge in [-0.3, -0.25) is 4.79 Å². The summed E-state index contributed by atoms with van der Waals surface area (Å²) in [5.74, 6) is 0.667. The smallest absolute Gasteiger partial charge is 0.227 e. The molecule has 3 N–H and O–H groups in total. The van der Waals surface area contributed by atoms with Crippen molar-refractivity contribution in [3.63, 3.8) is 0 Å². The monoisotopic (exact) mass is 220 g/mol. The first kappa shape index (κ1) is 11.0. The number of carbonyl (C=O) groups is 1. The van der Waals surface area contributed by atoms with Crippen molar-refractivity contribution in [2.75, 3.05) is 0 Å². The van der Waals surface area contributed by atoms with Gasteiger partial charge in [0.25, 0.3) is 0 Å². The zero-order chi connectivity index (χ0) is 11.5.